The molecule has 1 aliphatic carbocycles. The summed E-state index contributed by atoms with van der Waals surface area (Å²) < 4.78 is 13.6. The van der Waals surface area contributed by atoms with Gasteiger partial charge in [-0.3, -0.25) is 0 Å². The number of nitrogens with one attached hydrogen (secondary N) is 1. The average Bonchev–Trinajstić information content (AvgIpc) is 2.37. The third kappa shape index (κ3) is 4.25. The third-order valence-corrected chi connectivity index (χ3v) is 4.11. The summed E-state index contributed by atoms with van der Waals surface area (Å²) in [5.41, 5.74) is -0.333. The Kier molecular flexibility index (Phi) is 4.96. The molecule has 1 aliphatic rings. The van der Waals surface area contributed by atoms with Gasteiger partial charge in [-0.25, -0.2) is 9.18 Å². The molecular formula is C16H22FNO3. The van der Waals surface area contributed by atoms with Crippen LogP contribution in [-0.4, -0.2) is 28.3 Å². The molecule has 4 nitrogen and oxygen atoms in total. The first-order valence-electron chi connectivity index (χ1n) is 7.34. The number of rotatable bonds is 5. The molecule has 0 bridgehead atoms. The van der Waals surface area contributed by atoms with Gasteiger partial charge in [-0.1, -0.05) is 25.8 Å². The van der Waals surface area contributed by atoms with Crippen LogP contribution in [0.5, 0.6) is 0 Å². The predicted molar refractivity (Wildman–Crippen MR) is 77.6 cm³/mol. The zero-order valence-electron chi connectivity index (χ0n) is 12.2. The van der Waals surface area contributed by atoms with E-state index in [0.717, 1.165) is 25.7 Å². The monoisotopic (exact) mass is 295 g/mol. The van der Waals surface area contributed by atoms with Crippen molar-refractivity contribution in [1.82, 2.24) is 5.32 Å². The molecule has 0 aromatic heterocycles. The molecule has 116 valence electrons. The van der Waals surface area contributed by atoms with Crippen LogP contribution in [0.15, 0.2) is 18.2 Å². The molecule has 0 spiro atoms. The minimum absolute atomic E-state index is 0.321. The van der Waals surface area contributed by atoms with Gasteiger partial charge in [-0.05, 0) is 36.5 Å². The van der Waals surface area contributed by atoms with Gasteiger partial charge in [0.1, 0.15) is 5.82 Å². The maximum absolute atomic E-state index is 13.6. The van der Waals surface area contributed by atoms with Gasteiger partial charge in [0.15, 0.2) is 0 Å². The van der Waals surface area contributed by atoms with Crippen molar-refractivity contribution in [2.75, 3.05) is 6.54 Å². The maximum atomic E-state index is 13.6. The summed E-state index contributed by atoms with van der Waals surface area (Å²) in [6, 6.07) is 4.09. The number of carboxylic acids is 1. The van der Waals surface area contributed by atoms with E-state index >= 15 is 0 Å². The third-order valence-electron chi connectivity index (χ3n) is 4.11. The van der Waals surface area contributed by atoms with E-state index < -0.39 is 17.4 Å². The first-order chi connectivity index (χ1) is 9.89. The van der Waals surface area contributed by atoms with Crippen molar-refractivity contribution in [2.24, 2.45) is 5.92 Å². The minimum Gasteiger partial charge on any atom is -0.478 e. The van der Waals surface area contributed by atoms with Crippen molar-refractivity contribution in [3.63, 3.8) is 0 Å². The van der Waals surface area contributed by atoms with E-state index in [2.05, 4.69) is 12.2 Å². The Hall–Kier alpha value is -1.46. The summed E-state index contributed by atoms with van der Waals surface area (Å²) in [6.07, 6.45) is 3.76. The second kappa shape index (κ2) is 6.54. The normalized spacial score (nSPS) is 25.8. The SMILES string of the molecule is CC1CCCC(O)(CNCc2ccc(C(=O)O)c(F)c2)C1. The van der Waals surface area contributed by atoms with Gasteiger partial charge in [0.2, 0.25) is 0 Å². The van der Waals surface area contributed by atoms with Crippen molar-refractivity contribution in [2.45, 2.75) is 44.8 Å². The largest absolute Gasteiger partial charge is 0.478 e. The summed E-state index contributed by atoms with van der Waals surface area (Å²) in [5, 5.41) is 22.4. The quantitative estimate of drug-likeness (QED) is 0.781. The molecule has 3 N–H and O–H groups in total. The lowest BCUT2D eigenvalue weighted by Crippen LogP contribution is -2.43. The van der Waals surface area contributed by atoms with Crippen LogP contribution >= 0.6 is 0 Å². The Morgan fingerprint density at radius 1 is 1.52 bits per heavy atom. The van der Waals surface area contributed by atoms with Crippen molar-refractivity contribution in [1.29, 1.82) is 0 Å². The number of carboxylic acid groups (broad SMARTS) is 1. The number of hydrogen-bond donors (Lipinski definition) is 3. The zero-order chi connectivity index (χ0) is 15.5. The fourth-order valence-electron chi connectivity index (χ4n) is 3.07. The van der Waals surface area contributed by atoms with Crippen LogP contribution in [0.4, 0.5) is 4.39 Å². The van der Waals surface area contributed by atoms with Crippen LogP contribution in [0.2, 0.25) is 0 Å². The molecular weight excluding hydrogens is 273 g/mol. The lowest BCUT2D eigenvalue weighted by molar-refractivity contribution is -0.0119. The van der Waals surface area contributed by atoms with Crippen LogP contribution in [-0.2, 0) is 6.54 Å². The molecule has 1 saturated carbocycles. The van der Waals surface area contributed by atoms with E-state index in [0.29, 0.717) is 24.6 Å². The van der Waals surface area contributed by atoms with Crippen LogP contribution in [0, 0.1) is 11.7 Å². The number of carbonyl (C=O) groups is 1. The fraction of sp³-hybridized carbons (Fsp3) is 0.562. The topological polar surface area (TPSA) is 69.6 Å². The molecule has 0 heterocycles. The van der Waals surface area contributed by atoms with Gasteiger partial charge < -0.3 is 15.5 Å². The molecule has 2 unspecified atom stereocenters. The molecule has 2 rings (SSSR count). The molecule has 0 amide bonds. The van der Waals surface area contributed by atoms with Crippen molar-refractivity contribution >= 4 is 5.97 Å². The van der Waals surface area contributed by atoms with E-state index in [4.69, 9.17) is 5.11 Å². The number of hydrogen-bond acceptors (Lipinski definition) is 3. The van der Waals surface area contributed by atoms with E-state index in [1.54, 1.807) is 6.07 Å². The molecule has 1 aromatic carbocycles. The van der Waals surface area contributed by atoms with E-state index in [1.165, 1.54) is 12.1 Å². The highest BCUT2D eigenvalue weighted by Gasteiger charge is 2.31. The van der Waals surface area contributed by atoms with Gasteiger partial charge in [-0.2, -0.15) is 0 Å². The smallest absolute Gasteiger partial charge is 0.338 e. The number of halogens is 1. The molecule has 0 saturated heterocycles. The lowest BCUT2D eigenvalue weighted by Gasteiger charge is -2.35. The highest BCUT2D eigenvalue weighted by Crippen LogP contribution is 2.31. The molecule has 0 radical (unpaired) electrons. The second-order valence-corrected chi connectivity index (χ2v) is 6.15. The first kappa shape index (κ1) is 15.9. The summed E-state index contributed by atoms with van der Waals surface area (Å²) in [7, 11) is 0. The highest BCUT2D eigenvalue weighted by molar-refractivity contribution is 5.87. The Morgan fingerprint density at radius 2 is 2.29 bits per heavy atom. The molecule has 5 heteroatoms. The van der Waals surface area contributed by atoms with Gasteiger partial charge in [0.25, 0.3) is 0 Å². The van der Waals surface area contributed by atoms with E-state index in [1.807, 2.05) is 0 Å². The Labute approximate surface area is 124 Å². The summed E-state index contributed by atoms with van der Waals surface area (Å²) in [5.74, 6) is -1.47. The van der Waals surface area contributed by atoms with Crippen LogP contribution in [0.3, 0.4) is 0 Å². The summed E-state index contributed by atoms with van der Waals surface area (Å²) >= 11 is 0. The van der Waals surface area contributed by atoms with E-state index in [9.17, 15) is 14.3 Å². The van der Waals surface area contributed by atoms with Crippen LogP contribution < -0.4 is 5.32 Å². The van der Waals surface area contributed by atoms with E-state index in [-0.39, 0.29) is 5.56 Å². The Bertz CT molecular complexity index is 520. The van der Waals surface area contributed by atoms with Gasteiger partial charge in [-0.15, -0.1) is 0 Å². The first-order valence-corrected chi connectivity index (χ1v) is 7.34. The number of benzene rings is 1. The van der Waals surface area contributed by atoms with Crippen LogP contribution in [0.1, 0.15) is 48.5 Å². The molecule has 1 fully saturated rings. The zero-order valence-corrected chi connectivity index (χ0v) is 12.2. The summed E-state index contributed by atoms with van der Waals surface area (Å²) in [6.45, 7) is 3.03. The second-order valence-electron chi connectivity index (χ2n) is 6.15. The predicted octanol–water partition coefficient (Wildman–Crippen LogP) is 2.55. The van der Waals surface area contributed by atoms with Crippen LogP contribution in [0.25, 0.3) is 0 Å². The number of aromatic carboxylic acids is 1. The molecule has 0 aliphatic heterocycles. The maximum Gasteiger partial charge on any atom is 0.338 e. The fourth-order valence-corrected chi connectivity index (χ4v) is 3.07. The Balaban J connectivity index is 1.88. The standard InChI is InChI=1S/C16H22FNO3/c1-11-3-2-6-16(21,8-11)10-18-9-12-4-5-13(15(19)20)14(17)7-12/h4-5,7,11,18,21H,2-3,6,8-10H2,1H3,(H,19,20). The average molecular weight is 295 g/mol. The lowest BCUT2D eigenvalue weighted by atomic mass is 9.79. The summed E-state index contributed by atoms with van der Waals surface area (Å²) in [4.78, 5) is 10.7. The van der Waals surface area contributed by atoms with Gasteiger partial charge in [0.05, 0.1) is 11.2 Å². The minimum atomic E-state index is -1.27. The Morgan fingerprint density at radius 3 is 2.90 bits per heavy atom. The molecule has 2 atom stereocenters. The molecule has 1 aromatic rings. The van der Waals surface area contributed by atoms with Crippen molar-refractivity contribution < 1.29 is 19.4 Å². The van der Waals surface area contributed by atoms with Gasteiger partial charge >= 0.3 is 5.97 Å². The van der Waals surface area contributed by atoms with Gasteiger partial charge in [0, 0.05) is 13.1 Å². The van der Waals surface area contributed by atoms with Crippen molar-refractivity contribution in [3.8, 4) is 0 Å². The van der Waals surface area contributed by atoms with Crippen molar-refractivity contribution in [3.05, 3.63) is 35.1 Å². The highest BCUT2D eigenvalue weighted by atomic mass is 19.1. The molecule has 21 heavy (non-hydrogen) atoms. The number of aliphatic hydroxyl groups is 1.